The van der Waals surface area contributed by atoms with Crippen LogP contribution in [0.2, 0.25) is 0 Å². The standard InChI is InChI=1S/C23H24N2OS.C8H8O2.2C2H6/c1-15(2)23(13-26-14-23)20-11-9-18(10-12-20)17-5-7-19(8-6-17)22-21(24-4)16(3)25-27-22;9-7-10-6-8-4-2-1-3-5-8;2*1-2/h5-12,24H,1,13-14H2,2-4H3;1-5,7H,6H2;2*1-2H3. The van der Waals surface area contributed by atoms with E-state index in [1.54, 1.807) is 0 Å². The number of hydrogen-bond donors (Lipinski definition) is 1. The minimum atomic E-state index is -0.00400. The van der Waals surface area contributed by atoms with E-state index >= 15 is 0 Å². The van der Waals surface area contributed by atoms with Gasteiger partial charge in [-0.25, -0.2) is 0 Å². The van der Waals surface area contributed by atoms with Crippen molar-refractivity contribution in [2.24, 2.45) is 0 Å². The molecule has 1 aromatic heterocycles. The van der Waals surface area contributed by atoms with Crippen molar-refractivity contribution in [2.75, 3.05) is 25.6 Å². The largest absolute Gasteiger partial charge is 0.463 e. The molecule has 41 heavy (non-hydrogen) atoms. The highest BCUT2D eigenvalue weighted by molar-refractivity contribution is 7.10. The number of benzene rings is 3. The monoisotopic (exact) mass is 572 g/mol. The van der Waals surface area contributed by atoms with Crippen molar-refractivity contribution in [3.63, 3.8) is 0 Å². The highest BCUT2D eigenvalue weighted by Gasteiger charge is 2.40. The van der Waals surface area contributed by atoms with Crippen molar-refractivity contribution >= 4 is 23.7 Å². The van der Waals surface area contributed by atoms with Crippen LogP contribution in [0.25, 0.3) is 21.6 Å². The first-order chi connectivity index (χ1) is 20.0. The predicted octanol–water partition coefficient (Wildman–Crippen LogP) is 9.08. The van der Waals surface area contributed by atoms with Crippen LogP contribution in [0.5, 0.6) is 0 Å². The summed E-state index contributed by atoms with van der Waals surface area (Å²) < 4.78 is 14.5. The lowest BCUT2D eigenvalue weighted by Gasteiger charge is -2.42. The van der Waals surface area contributed by atoms with Crippen LogP contribution in [-0.2, 0) is 26.3 Å². The molecule has 0 amide bonds. The maximum absolute atomic E-state index is 9.76. The van der Waals surface area contributed by atoms with Crippen molar-refractivity contribution in [1.29, 1.82) is 0 Å². The molecule has 5 nitrogen and oxygen atoms in total. The molecule has 6 heteroatoms. The van der Waals surface area contributed by atoms with Gasteiger partial charge in [0.25, 0.3) is 6.47 Å². The van der Waals surface area contributed by atoms with Gasteiger partial charge in [0.05, 0.1) is 34.9 Å². The van der Waals surface area contributed by atoms with Crippen molar-refractivity contribution in [3.8, 4) is 21.6 Å². The summed E-state index contributed by atoms with van der Waals surface area (Å²) >= 11 is 1.54. The SMILES string of the molecule is C=C(C)C1(c2ccc(-c3ccc(-c4snc(C)c4NC)cc3)cc2)COC1.CC.CC.O=COCc1ccccc1. The molecule has 1 N–H and O–H groups in total. The Bertz CT molecular complexity index is 1330. The number of anilines is 1. The minimum absolute atomic E-state index is 0.00400. The number of nitrogens with zero attached hydrogens (tertiary/aromatic N) is 1. The molecule has 0 radical (unpaired) electrons. The van der Waals surface area contributed by atoms with E-state index in [-0.39, 0.29) is 5.41 Å². The molecule has 0 saturated carbocycles. The van der Waals surface area contributed by atoms with Crippen molar-refractivity contribution in [2.45, 2.75) is 53.6 Å². The molecule has 218 valence electrons. The number of rotatable bonds is 8. The Morgan fingerprint density at radius 3 is 1.95 bits per heavy atom. The van der Waals surface area contributed by atoms with Crippen LogP contribution in [0.3, 0.4) is 0 Å². The summed E-state index contributed by atoms with van der Waals surface area (Å²) in [4.78, 5) is 10.9. The minimum Gasteiger partial charge on any atom is -0.463 e. The molecule has 1 saturated heterocycles. The number of ether oxygens (including phenoxy) is 2. The Morgan fingerprint density at radius 2 is 1.49 bits per heavy atom. The Hall–Kier alpha value is -3.74. The van der Waals surface area contributed by atoms with Gasteiger partial charge in [0.2, 0.25) is 0 Å². The molecule has 0 spiro atoms. The van der Waals surface area contributed by atoms with E-state index in [2.05, 4.69) is 76.5 Å². The molecule has 4 aromatic rings. The number of nitrogens with one attached hydrogen (secondary N) is 1. The van der Waals surface area contributed by atoms with E-state index < -0.39 is 0 Å². The third kappa shape index (κ3) is 8.38. The molecule has 3 aromatic carbocycles. The fraction of sp³-hybridized carbons (Fsp3) is 0.314. The van der Waals surface area contributed by atoms with Gasteiger partial charge < -0.3 is 14.8 Å². The van der Waals surface area contributed by atoms with Crippen molar-refractivity contribution in [3.05, 3.63) is 108 Å². The molecular formula is C35H44N2O3S. The number of carbonyl (C=O) groups excluding carboxylic acids is 1. The van der Waals surface area contributed by atoms with Gasteiger partial charge in [-0.2, -0.15) is 4.37 Å². The molecule has 0 bridgehead atoms. The lowest BCUT2D eigenvalue weighted by atomic mass is 9.73. The summed E-state index contributed by atoms with van der Waals surface area (Å²) in [5.74, 6) is 0. The average Bonchev–Trinajstić information content (AvgIpc) is 3.39. The molecule has 2 heterocycles. The van der Waals surface area contributed by atoms with Gasteiger partial charge in [0, 0.05) is 7.05 Å². The van der Waals surface area contributed by atoms with E-state index in [9.17, 15) is 4.79 Å². The maximum atomic E-state index is 9.76. The van der Waals surface area contributed by atoms with Crippen LogP contribution in [0, 0.1) is 6.92 Å². The van der Waals surface area contributed by atoms with Gasteiger partial charge in [-0.3, -0.25) is 4.79 Å². The molecule has 5 rings (SSSR count). The second-order valence-corrected chi connectivity index (χ2v) is 9.90. The topological polar surface area (TPSA) is 60.5 Å². The number of aromatic nitrogens is 1. The smallest absolute Gasteiger partial charge is 0.293 e. The highest BCUT2D eigenvalue weighted by Crippen LogP contribution is 2.39. The fourth-order valence-corrected chi connectivity index (χ4v) is 5.23. The van der Waals surface area contributed by atoms with Gasteiger partial charge in [-0.15, -0.1) is 0 Å². The van der Waals surface area contributed by atoms with E-state index in [1.807, 2.05) is 72.0 Å². The molecule has 1 aliphatic rings. The Labute approximate surface area is 250 Å². The van der Waals surface area contributed by atoms with E-state index in [0.717, 1.165) is 30.2 Å². The summed E-state index contributed by atoms with van der Waals surface area (Å²) in [5, 5.41) is 3.26. The Balaban J connectivity index is 0.000000352. The van der Waals surface area contributed by atoms with Gasteiger partial charge in [-0.05, 0) is 53.2 Å². The molecule has 0 aliphatic carbocycles. The Kier molecular flexibility index (Phi) is 14.0. The lowest BCUT2D eigenvalue weighted by Crippen LogP contribution is -2.47. The molecular weight excluding hydrogens is 528 g/mol. The van der Waals surface area contributed by atoms with Gasteiger partial charge in [0.1, 0.15) is 6.61 Å². The zero-order valence-electron chi connectivity index (χ0n) is 25.5. The average molecular weight is 573 g/mol. The molecule has 0 atom stereocenters. The lowest BCUT2D eigenvalue weighted by molar-refractivity contribution is -0.129. The maximum Gasteiger partial charge on any atom is 0.293 e. The number of hydrogen-bond acceptors (Lipinski definition) is 6. The fourth-order valence-electron chi connectivity index (χ4n) is 4.33. The summed E-state index contributed by atoms with van der Waals surface area (Å²) in [6, 6.07) is 27.1. The van der Waals surface area contributed by atoms with Gasteiger partial charge >= 0.3 is 0 Å². The summed E-state index contributed by atoms with van der Waals surface area (Å²) in [5.41, 5.74) is 9.26. The van der Waals surface area contributed by atoms with Crippen molar-refractivity contribution < 1.29 is 14.3 Å². The molecule has 1 aliphatic heterocycles. The van der Waals surface area contributed by atoms with Crippen LogP contribution in [0.1, 0.15) is 51.4 Å². The predicted molar refractivity (Wildman–Crippen MR) is 175 cm³/mol. The first kappa shape index (κ1) is 33.5. The van der Waals surface area contributed by atoms with E-state index in [0.29, 0.717) is 13.1 Å². The second-order valence-electron chi connectivity index (χ2n) is 9.12. The zero-order chi connectivity index (χ0) is 30.3. The number of aryl methyl sites for hydroxylation is 1. The van der Waals surface area contributed by atoms with Crippen LogP contribution >= 0.6 is 11.5 Å². The quantitative estimate of drug-likeness (QED) is 0.169. The number of carbonyl (C=O) groups is 1. The third-order valence-corrected chi connectivity index (χ3v) is 7.69. The van der Waals surface area contributed by atoms with Crippen molar-refractivity contribution in [1.82, 2.24) is 4.37 Å². The summed E-state index contributed by atoms with van der Waals surface area (Å²) in [6.07, 6.45) is 0. The first-order valence-corrected chi connectivity index (χ1v) is 14.9. The Morgan fingerprint density at radius 1 is 0.951 bits per heavy atom. The van der Waals surface area contributed by atoms with E-state index in [4.69, 9.17) is 4.74 Å². The van der Waals surface area contributed by atoms with Crippen LogP contribution in [0.4, 0.5) is 5.69 Å². The van der Waals surface area contributed by atoms with Crippen LogP contribution in [0.15, 0.2) is 91.0 Å². The zero-order valence-corrected chi connectivity index (χ0v) is 26.3. The van der Waals surface area contributed by atoms with Gasteiger partial charge in [0.15, 0.2) is 0 Å². The third-order valence-electron chi connectivity index (χ3n) is 6.71. The summed E-state index contributed by atoms with van der Waals surface area (Å²) in [6.45, 7) is 18.6. The normalized spacial score (nSPS) is 12.5. The molecule has 1 fully saturated rings. The van der Waals surface area contributed by atoms with Crippen LogP contribution < -0.4 is 5.32 Å². The second kappa shape index (κ2) is 17.2. The highest BCUT2D eigenvalue weighted by atomic mass is 32.1. The van der Waals surface area contributed by atoms with Gasteiger partial charge in [-0.1, -0.05) is 119 Å². The summed E-state index contributed by atoms with van der Waals surface area (Å²) in [7, 11) is 1.95. The van der Waals surface area contributed by atoms with E-state index in [1.165, 1.54) is 44.2 Å². The molecule has 0 unspecified atom stereocenters. The first-order valence-electron chi connectivity index (χ1n) is 14.2. The van der Waals surface area contributed by atoms with Crippen LogP contribution in [-0.4, -0.2) is 31.1 Å².